The lowest BCUT2D eigenvalue weighted by atomic mass is 10.1. The highest BCUT2D eigenvalue weighted by Crippen LogP contribution is 2.43. The summed E-state index contributed by atoms with van der Waals surface area (Å²) in [6.07, 6.45) is 1.82. The molecule has 0 atom stereocenters. The number of nitrogens with zero attached hydrogens (tertiary/aromatic N) is 1. The van der Waals surface area contributed by atoms with E-state index < -0.39 is 17.3 Å². The van der Waals surface area contributed by atoms with E-state index in [0.717, 1.165) is 37.6 Å². The van der Waals surface area contributed by atoms with Crippen LogP contribution in [-0.4, -0.2) is 5.16 Å². The van der Waals surface area contributed by atoms with Crippen molar-refractivity contribution in [2.24, 2.45) is 4.99 Å². The molecule has 2 aromatic carbocycles. The number of thiocarbonyl (C=S) groups is 1. The Hall–Kier alpha value is -2.31. The fourth-order valence-corrected chi connectivity index (χ4v) is 5.68. The van der Waals surface area contributed by atoms with Crippen molar-refractivity contribution in [3.8, 4) is 20.9 Å². The first-order valence-corrected chi connectivity index (χ1v) is 10.9. The SMILES string of the molecule is CCCc1ccc(-c2cc3sc(-c4cc(F)c(N=C=S)c(F)c4)cc3s2)c(F)c1. The number of halogens is 3. The molecule has 0 N–H and O–H groups in total. The van der Waals surface area contributed by atoms with Crippen LogP contribution < -0.4 is 0 Å². The molecule has 0 saturated heterocycles. The molecule has 0 amide bonds. The van der Waals surface area contributed by atoms with Gasteiger partial charge in [0.15, 0.2) is 11.6 Å². The van der Waals surface area contributed by atoms with Crippen molar-refractivity contribution in [1.82, 2.24) is 0 Å². The molecular formula is C22H14F3NS3. The van der Waals surface area contributed by atoms with Crippen molar-refractivity contribution < 1.29 is 13.2 Å². The summed E-state index contributed by atoms with van der Waals surface area (Å²) in [5.41, 5.74) is 1.54. The van der Waals surface area contributed by atoms with Crippen molar-refractivity contribution in [2.75, 3.05) is 0 Å². The van der Waals surface area contributed by atoms with Gasteiger partial charge < -0.3 is 0 Å². The molecule has 0 aliphatic carbocycles. The minimum absolute atomic E-state index is 0.232. The zero-order chi connectivity index (χ0) is 20.5. The molecule has 1 nitrogen and oxygen atoms in total. The highest BCUT2D eigenvalue weighted by atomic mass is 32.1. The van der Waals surface area contributed by atoms with E-state index >= 15 is 0 Å². The minimum Gasteiger partial charge on any atom is -0.206 e. The van der Waals surface area contributed by atoms with Crippen LogP contribution in [0.2, 0.25) is 0 Å². The molecule has 146 valence electrons. The summed E-state index contributed by atoms with van der Waals surface area (Å²) < 4.78 is 44.7. The summed E-state index contributed by atoms with van der Waals surface area (Å²) in [5, 5.41) is 1.98. The van der Waals surface area contributed by atoms with Crippen LogP contribution in [-0.2, 0) is 6.42 Å². The van der Waals surface area contributed by atoms with Gasteiger partial charge in [-0.05, 0) is 60.1 Å². The first kappa shape index (κ1) is 20.0. The molecule has 0 aliphatic heterocycles. The zero-order valence-corrected chi connectivity index (χ0v) is 17.7. The second-order valence-electron chi connectivity index (χ2n) is 6.51. The first-order valence-electron chi connectivity index (χ1n) is 8.89. The van der Waals surface area contributed by atoms with Crippen LogP contribution in [0, 0.1) is 17.5 Å². The molecule has 0 saturated carbocycles. The summed E-state index contributed by atoms with van der Waals surface area (Å²) in [6.45, 7) is 2.06. The molecule has 0 bridgehead atoms. The number of rotatable bonds is 5. The van der Waals surface area contributed by atoms with Crippen LogP contribution in [0.25, 0.3) is 30.3 Å². The van der Waals surface area contributed by atoms with Gasteiger partial charge in [0.25, 0.3) is 0 Å². The second-order valence-corrected chi connectivity index (χ2v) is 8.86. The fourth-order valence-electron chi connectivity index (χ4n) is 3.17. The lowest BCUT2D eigenvalue weighted by Gasteiger charge is -2.04. The summed E-state index contributed by atoms with van der Waals surface area (Å²) in [4.78, 5) is 4.99. The molecule has 2 heterocycles. The third-order valence-corrected chi connectivity index (χ3v) is 6.97. The van der Waals surface area contributed by atoms with Crippen molar-refractivity contribution >= 4 is 55.1 Å². The van der Waals surface area contributed by atoms with Gasteiger partial charge in [-0.1, -0.05) is 25.5 Å². The summed E-state index contributed by atoms with van der Waals surface area (Å²) in [7, 11) is 0. The van der Waals surface area contributed by atoms with E-state index in [-0.39, 0.29) is 5.82 Å². The van der Waals surface area contributed by atoms with Crippen molar-refractivity contribution in [2.45, 2.75) is 19.8 Å². The van der Waals surface area contributed by atoms with Gasteiger partial charge >= 0.3 is 0 Å². The number of hydrogen-bond donors (Lipinski definition) is 0. The van der Waals surface area contributed by atoms with Crippen molar-refractivity contribution in [3.63, 3.8) is 0 Å². The van der Waals surface area contributed by atoms with Gasteiger partial charge in [0, 0.05) is 24.7 Å². The third kappa shape index (κ3) is 3.91. The number of fused-ring (bicyclic) bond motifs is 1. The van der Waals surface area contributed by atoms with Crippen LogP contribution in [0.3, 0.4) is 0 Å². The summed E-state index contributed by atoms with van der Waals surface area (Å²) in [6, 6.07) is 11.6. The first-order chi connectivity index (χ1) is 14.0. The van der Waals surface area contributed by atoms with Crippen LogP contribution >= 0.6 is 34.9 Å². The van der Waals surface area contributed by atoms with Gasteiger partial charge in [0.2, 0.25) is 0 Å². The van der Waals surface area contributed by atoms with E-state index in [2.05, 4.69) is 24.1 Å². The molecule has 0 radical (unpaired) electrons. The van der Waals surface area contributed by atoms with Crippen LogP contribution in [0.15, 0.2) is 47.5 Å². The average Bonchev–Trinajstić information content (AvgIpc) is 3.24. The Kier molecular flexibility index (Phi) is 5.65. The van der Waals surface area contributed by atoms with Crippen LogP contribution in [0.1, 0.15) is 18.9 Å². The van der Waals surface area contributed by atoms with E-state index in [9.17, 15) is 13.2 Å². The Labute approximate surface area is 179 Å². The Morgan fingerprint density at radius 1 is 0.897 bits per heavy atom. The quantitative estimate of drug-likeness (QED) is 0.222. The molecule has 0 unspecified atom stereocenters. The highest BCUT2D eigenvalue weighted by molar-refractivity contribution is 7.78. The summed E-state index contributed by atoms with van der Waals surface area (Å²) >= 11 is 7.29. The zero-order valence-electron chi connectivity index (χ0n) is 15.3. The van der Waals surface area contributed by atoms with E-state index in [1.165, 1.54) is 34.8 Å². The predicted molar refractivity (Wildman–Crippen MR) is 119 cm³/mol. The second kappa shape index (κ2) is 8.20. The van der Waals surface area contributed by atoms with Gasteiger partial charge in [-0.2, -0.15) is 4.99 Å². The molecule has 4 aromatic rings. The van der Waals surface area contributed by atoms with E-state index in [1.54, 1.807) is 6.07 Å². The Balaban J connectivity index is 1.70. The highest BCUT2D eigenvalue weighted by Gasteiger charge is 2.16. The molecule has 29 heavy (non-hydrogen) atoms. The van der Waals surface area contributed by atoms with E-state index in [4.69, 9.17) is 0 Å². The van der Waals surface area contributed by atoms with Crippen LogP contribution in [0.5, 0.6) is 0 Å². The third-order valence-electron chi connectivity index (χ3n) is 4.50. The normalized spacial score (nSPS) is 11.0. The maximum atomic E-state index is 14.5. The molecule has 7 heteroatoms. The van der Waals surface area contributed by atoms with Crippen molar-refractivity contribution in [3.05, 3.63) is 65.5 Å². The molecule has 0 spiro atoms. The fraction of sp³-hybridized carbons (Fsp3) is 0.136. The molecule has 2 aromatic heterocycles. The van der Waals surface area contributed by atoms with Crippen molar-refractivity contribution in [1.29, 1.82) is 0 Å². The van der Waals surface area contributed by atoms with Gasteiger partial charge in [-0.15, -0.1) is 22.7 Å². The maximum Gasteiger partial charge on any atom is 0.153 e. The maximum absolute atomic E-state index is 14.5. The lowest BCUT2D eigenvalue weighted by molar-refractivity contribution is 0.588. The van der Waals surface area contributed by atoms with Gasteiger partial charge in [0.1, 0.15) is 11.5 Å². The van der Waals surface area contributed by atoms with Gasteiger partial charge in [-0.3, -0.25) is 0 Å². The Morgan fingerprint density at radius 2 is 1.55 bits per heavy atom. The number of isothiocyanates is 1. The summed E-state index contributed by atoms with van der Waals surface area (Å²) in [5.74, 6) is -1.81. The number of aliphatic imine (C=N–C) groups is 1. The average molecular weight is 446 g/mol. The van der Waals surface area contributed by atoms with Gasteiger partial charge in [-0.25, -0.2) is 13.2 Å². The largest absolute Gasteiger partial charge is 0.206 e. The van der Waals surface area contributed by atoms with Crippen LogP contribution in [0.4, 0.5) is 18.9 Å². The molecular weight excluding hydrogens is 431 g/mol. The number of hydrogen-bond acceptors (Lipinski definition) is 4. The minimum atomic E-state index is -0.788. The number of benzene rings is 2. The topological polar surface area (TPSA) is 12.4 Å². The van der Waals surface area contributed by atoms with E-state index in [1.807, 2.05) is 29.4 Å². The number of thiophene rings is 2. The van der Waals surface area contributed by atoms with Gasteiger partial charge in [0.05, 0.1) is 5.16 Å². The standard InChI is InChI=1S/C22H14F3NS3/c1-2-3-12-4-5-14(15(23)6-12)19-10-21-20(29-19)9-18(28-21)13-7-16(24)22(26-11-27)17(25)8-13/h4-10H,2-3H2,1H3. The Bertz CT molecular complexity index is 1210. The number of aryl methyl sites for hydroxylation is 1. The Morgan fingerprint density at radius 3 is 2.17 bits per heavy atom. The smallest absolute Gasteiger partial charge is 0.153 e. The lowest BCUT2D eigenvalue weighted by Crippen LogP contribution is -1.87. The molecule has 0 aliphatic rings. The molecule has 4 rings (SSSR count). The molecule has 0 fully saturated rings. The van der Waals surface area contributed by atoms with E-state index in [0.29, 0.717) is 11.1 Å². The monoisotopic (exact) mass is 445 g/mol. The predicted octanol–water partition coefficient (Wildman–Crippen LogP) is 8.40.